The van der Waals surface area contributed by atoms with Gasteiger partial charge in [-0.2, -0.15) is 0 Å². The standard InChI is InChI=1S/C15H17NO5/c1-8(17)12-13(16(2)15(19)14(12)18)9-5-6-10(20-3)11(7-9)21-4/h5-7,13,18H,1-4H3. The van der Waals surface area contributed by atoms with Gasteiger partial charge >= 0.3 is 0 Å². The SMILES string of the molecule is COc1ccc(C2C(C(C)=O)=C(O)C(=O)N2C)cc1OC. The van der Waals surface area contributed by atoms with Gasteiger partial charge in [0.15, 0.2) is 23.0 Å². The number of benzene rings is 1. The summed E-state index contributed by atoms with van der Waals surface area (Å²) in [5, 5.41) is 9.87. The van der Waals surface area contributed by atoms with Crippen molar-refractivity contribution in [1.29, 1.82) is 0 Å². The number of carbonyl (C=O) groups excluding carboxylic acids is 2. The first-order chi connectivity index (χ1) is 9.92. The molecule has 1 aliphatic rings. The van der Waals surface area contributed by atoms with Crippen molar-refractivity contribution in [2.75, 3.05) is 21.3 Å². The summed E-state index contributed by atoms with van der Waals surface area (Å²) >= 11 is 0. The van der Waals surface area contributed by atoms with Crippen LogP contribution in [0.25, 0.3) is 0 Å². The smallest absolute Gasteiger partial charge is 0.289 e. The summed E-state index contributed by atoms with van der Waals surface area (Å²) < 4.78 is 10.4. The summed E-state index contributed by atoms with van der Waals surface area (Å²) in [7, 11) is 4.57. The molecule has 0 aromatic heterocycles. The lowest BCUT2D eigenvalue weighted by molar-refractivity contribution is -0.128. The van der Waals surface area contributed by atoms with E-state index in [1.54, 1.807) is 18.2 Å². The molecule has 21 heavy (non-hydrogen) atoms. The minimum atomic E-state index is -0.630. The van der Waals surface area contributed by atoms with E-state index < -0.39 is 17.7 Å². The third-order valence-electron chi connectivity index (χ3n) is 3.54. The van der Waals surface area contributed by atoms with Crippen LogP contribution in [-0.2, 0) is 9.59 Å². The van der Waals surface area contributed by atoms with Gasteiger partial charge in [-0.05, 0) is 24.6 Å². The van der Waals surface area contributed by atoms with Crippen molar-refractivity contribution >= 4 is 11.7 Å². The Morgan fingerprint density at radius 2 is 1.86 bits per heavy atom. The van der Waals surface area contributed by atoms with Crippen LogP contribution in [0.2, 0.25) is 0 Å². The Morgan fingerprint density at radius 1 is 1.24 bits per heavy atom. The van der Waals surface area contributed by atoms with Gasteiger partial charge in [0.05, 0.1) is 25.8 Å². The number of aliphatic hydroxyl groups is 1. The molecule has 0 fully saturated rings. The van der Waals surface area contributed by atoms with Crippen LogP contribution < -0.4 is 9.47 Å². The molecule has 1 aromatic carbocycles. The van der Waals surface area contributed by atoms with Gasteiger partial charge in [-0.25, -0.2) is 0 Å². The highest BCUT2D eigenvalue weighted by molar-refractivity contribution is 6.07. The van der Waals surface area contributed by atoms with Crippen LogP contribution in [0.15, 0.2) is 29.5 Å². The largest absolute Gasteiger partial charge is 0.503 e. The highest BCUT2D eigenvalue weighted by Crippen LogP contribution is 2.39. The number of methoxy groups -OCH3 is 2. The van der Waals surface area contributed by atoms with Gasteiger partial charge in [-0.3, -0.25) is 9.59 Å². The van der Waals surface area contributed by atoms with E-state index in [0.717, 1.165) is 0 Å². The summed E-state index contributed by atoms with van der Waals surface area (Å²) in [4.78, 5) is 25.0. The molecular formula is C15H17NO5. The van der Waals surface area contributed by atoms with Gasteiger partial charge in [-0.1, -0.05) is 6.07 Å². The van der Waals surface area contributed by atoms with Crippen molar-refractivity contribution < 1.29 is 24.2 Å². The first-order valence-corrected chi connectivity index (χ1v) is 6.35. The number of ketones is 1. The predicted molar refractivity (Wildman–Crippen MR) is 75.4 cm³/mol. The summed E-state index contributed by atoms with van der Waals surface area (Å²) in [6, 6.07) is 4.49. The van der Waals surface area contributed by atoms with Gasteiger partial charge in [0.2, 0.25) is 0 Å². The van der Waals surface area contributed by atoms with Crippen molar-refractivity contribution in [2.24, 2.45) is 0 Å². The molecule has 1 aliphatic heterocycles. The van der Waals surface area contributed by atoms with Crippen LogP contribution in [0.5, 0.6) is 11.5 Å². The van der Waals surface area contributed by atoms with Gasteiger partial charge < -0.3 is 19.5 Å². The number of likely N-dealkylation sites (N-methyl/N-ethyl adjacent to an activating group) is 1. The van der Waals surface area contributed by atoms with Crippen molar-refractivity contribution in [3.05, 3.63) is 35.1 Å². The maximum atomic E-state index is 11.9. The third kappa shape index (κ3) is 2.33. The fourth-order valence-corrected chi connectivity index (χ4v) is 2.50. The monoisotopic (exact) mass is 291 g/mol. The number of hydrogen-bond donors (Lipinski definition) is 1. The second kappa shape index (κ2) is 5.47. The molecule has 0 spiro atoms. The van der Waals surface area contributed by atoms with Crippen LogP contribution in [0.1, 0.15) is 18.5 Å². The van der Waals surface area contributed by atoms with Crippen LogP contribution in [-0.4, -0.2) is 43.0 Å². The van der Waals surface area contributed by atoms with E-state index in [-0.39, 0.29) is 11.4 Å². The van der Waals surface area contributed by atoms with Crippen LogP contribution >= 0.6 is 0 Å². The maximum absolute atomic E-state index is 11.9. The van der Waals surface area contributed by atoms with Crippen molar-refractivity contribution in [1.82, 2.24) is 4.90 Å². The molecular weight excluding hydrogens is 274 g/mol. The summed E-state index contributed by atoms with van der Waals surface area (Å²) in [6.07, 6.45) is 0. The highest BCUT2D eigenvalue weighted by atomic mass is 16.5. The number of rotatable bonds is 4. The average molecular weight is 291 g/mol. The quantitative estimate of drug-likeness (QED) is 0.912. The average Bonchev–Trinajstić information content (AvgIpc) is 2.70. The first-order valence-electron chi connectivity index (χ1n) is 6.35. The summed E-state index contributed by atoms with van der Waals surface area (Å²) in [5.41, 5.74) is 0.757. The molecule has 0 bridgehead atoms. The lowest BCUT2D eigenvalue weighted by Gasteiger charge is -2.23. The molecule has 6 heteroatoms. The number of amides is 1. The highest BCUT2D eigenvalue weighted by Gasteiger charge is 2.40. The van der Waals surface area contributed by atoms with Gasteiger partial charge in [0.1, 0.15) is 0 Å². The second-order valence-corrected chi connectivity index (χ2v) is 4.75. The zero-order valence-corrected chi connectivity index (χ0v) is 12.3. The van der Waals surface area contributed by atoms with E-state index in [1.165, 1.54) is 33.1 Å². The molecule has 1 N–H and O–H groups in total. The second-order valence-electron chi connectivity index (χ2n) is 4.75. The number of ether oxygens (including phenoxy) is 2. The number of nitrogens with zero attached hydrogens (tertiary/aromatic N) is 1. The molecule has 0 saturated carbocycles. The molecule has 0 radical (unpaired) electrons. The maximum Gasteiger partial charge on any atom is 0.289 e. The minimum absolute atomic E-state index is 0.0923. The lowest BCUT2D eigenvalue weighted by atomic mass is 9.96. The normalized spacial score (nSPS) is 18.2. The molecule has 1 amide bonds. The molecule has 112 valence electrons. The fraction of sp³-hybridized carbons (Fsp3) is 0.333. The van der Waals surface area contributed by atoms with E-state index in [2.05, 4.69) is 0 Å². The Balaban J connectivity index is 2.55. The Bertz CT molecular complexity index is 635. The predicted octanol–water partition coefficient (Wildman–Crippen LogP) is 1.62. The van der Waals surface area contributed by atoms with Crippen LogP contribution in [0.3, 0.4) is 0 Å². The Labute approximate surface area is 122 Å². The van der Waals surface area contributed by atoms with E-state index >= 15 is 0 Å². The zero-order valence-electron chi connectivity index (χ0n) is 12.3. The fourth-order valence-electron chi connectivity index (χ4n) is 2.50. The molecule has 1 atom stereocenters. The minimum Gasteiger partial charge on any atom is -0.503 e. The van der Waals surface area contributed by atoms with E-state index in [1.807, 2.05) is 0 Å². The number of carbonyl (C=O) groups is 2. The van der Waals surface area contributed by atoms with E-state index in [9.17, 15) is 14.7 Å². The van der Waals surface area contributed by atoms with Gasteiger partial charge in [-0.15, -0.1) is 0 Å². The Kier molecular flexibility index (Phi) is 3.88. The summed E-state index contributed by atoms with van der Waals surface area (Å²) in [5.74, 6) is -0.370. The van der Waals surface area contributed by atoms with Crippen LogP contribution in [0.4, 0.5) is 0 Å². The molecule has 1 unspecified atom stereocenters. The Hall–Kier alpha value is -2.50. The third-order valence-corrected chi connectivity index (χ3v) is 3.54. The van der Waals surface area contributed by atoms with E-state index in [4.69, 9.17) is 9.47 Å². The number of Topliss-reactive ketones (excluding diaryl/α,β-unsaturated/α-hetero) is 1. The molecule has 2 rings (SSSR count). The molecule has 0 aliphatic carbocycles. The summed E-state index contributed by atoms with van der Waals surface area (Å²) in [6.45, 7) is 1.33. The zero-order chi connectivity index (χ0) is 15.7. The Morgan fingerprint density at radius 3 is 2.38 bits per heavy atom. The van der Waals surface area contributed by atoms with Crippen molar-refractivity contribution in [2.45, 2.75) is 13.0 Å². The van der Waals surface area contributed by atoms with Crippen LogP contribution in [0, 0.1) is 0 Å². The van der Waals surface area contributed by atoms with Crippen molar-refractivity contribution in [3.8, 4) is 11.5 Å². The van der Waals surface area contributed by atoms with Gasteiger partial charge in [0.25, 0.3) is 5.91 Å². The molecule has 1 aromatic rings. The topological polar surface area (TPSA) is 76.1 Å². The number of aliphatic hydroxyl groups excluding tert-OH is 1. The molecule has 6 nitrogen and oxygen atoms in total. The van der Waals surface area contributed by atoms with E-state index in [0.29, 0.717) is 17.1 Å². The number of hydrogen-bond acceptors (Lipinski definition) is 5. The lowest BCUT2D eigenvalue weighted by Crippen LogP contribution is -2.26. The molecule has 1 heterocycles. The molecule has 0 saturated heterocycles. The van der Waals surface area contributed by atoms with Gasteiger partial charge in [0, 0.05) is 7.05 Å². The first kappa shape index (κ1) is 14.9. The van der Waals surface area contributed by atoms with Crippen molar-refractivity contribution in [3.63, 3.8) is 0 Å².